The molecule has 26 heavy (non-hydrogen) atoms. The fourth-order valence-electron chi connectivity index (χ4n) is 3.99. The molecule has 2 aromatic rings. The van der Waals surface area contributed by atoms with Crippen LogP contribution in [0.5, 0.6) is 0 Å². The van der Waals surface area contributed by atoms with Crippen molar-refractivity contribution in [2.45, 2.75) is 12.8 Å². The highest BCUT2D eigenvalue weighted by Gasteiger charge is 2.32. The highest BCUT2D eigenvalue weighted by molar-refractivity contribution is 7.99. The molecular formula is C21H24N2O2S. The summed E-state index contributed by atoms with van der Waals surface area (Å²) in [5.74, 6) is 2.29. The lowest BCUT2D eigenvalue weighted by Gasteiger charge is -2.36. The van der Waals surface area contributed by atoms with Gasteiger partial charge in [0.1, 0.15) is 0 Å². The van der Waals surface area contributed by atoms with Crippen LogP contribution in [-0.2, 0) is 4.79 Å². The first-order valence-electron chi connectivity index (χ1n) is 9.37. The van der Waals surface area contributed by atoms with E-state index in [-0.39, 0.29) is 17.7 Å². The molecule has 0 bridgehead atoms. The number of carbonyl (C=O) groups excluding carboxylic acids is 2. The number of carbonyl (C=O) groups is 2. The molecule has 0 radical (unpaired) electrons. The summed E-state index contributed by atoms with van der Waals surface area (Å²) in [6.45, 7) is 2.97. The average Bonchev–Trinajstić information content (AvgIpc) is 2.73. The minimum atomic E-state index is -0.0502. The molecule has 2 fully saturated rings. The number of hydrogen-bond acceptors (Lipinski definition) is 3. The zero-order chi connectivity index (χ0) is 17.9. The van der Waals surface area contributed by atoms with E-state index in [0.717, 1.165) is 60.3 Å². The predicted octanol–water partition coefficient (Wildman–Crippen LogP) is 3.27. The summed E-state index contributed by atoms with van der Waals surface area (Å²) in [5.41, 5.74) is 0.741. The summed E-state index contributed by atoms with van der Waals surface area (Å²) in [7, 11) is 0. The van der Waals surface area contributed by atoms with Crippen LogP contribution in [0.3, 0.4) is 0 Å². The number of piperidine rings is 1. The van der Waals surface area contributed by atoms with Crippen LogP contribution in [0.2, 0.25) is 0 Å². The van der Waals surface area contributed by atoms with Gasteiger partial charge >= 0.3 is 0 Å². The third-order valence-corrected chi connectivity index (χ3v) is 6.34. The lowest BCUT2D eigenvalue weighted by atomic mass is 9.95. The van der Waals surface area contributed by atoms with Crippen LogP contribution in [-0.4, -0.2) is 59.3 Å². The molecule has 0 aliphatic carbocycles. The Hall–Kier alpha value is -2.01. The molecular weight excluding hydrogens is 344 g/mol. The number of likely N-dealkylation sites (tertiary alicyclic amines) is 1. The van der Waals surface area contributed by atoms with Gasteiger partial charge in [0, 0.05) is 43.2 Å². The van der Waals surface area contributed by atoms with Crippen molar-refractivity contribution in [3.05, 3.63) is 48.0 Å². The van der Waals surface area contributed by atoms with Gasteiger partial charge in [0.25, 0.3) is 5.91 Å². The second kappa shape index (κ2) is 7.70. The number of rotatable bonds is 2. The van der Waals surface area contributed by atoms with E-state index >= 15 is 0 Å². The summed E-state index contributed by atoms with van der Waals surface area (Å²) in [6, 6.07) is 13.9. The third kappa shape index (κ3) is 3.45. The van der Waals surface area contributed by atoms with E-state index in [4.69, 9.17) is 0 Å². The predicted molar refractivity (Wildman–Crippen MR) is 106 cm³/mol. The molecule has 2 aliphatic rings. The SMILES string of the molecule is O=C(c1cccc2ccccc12)N1CCCC(C(=O)N2CCSCC2)C1. The van der Waals surface area contributed by atoms with Gasteiger partial charge in [-0.1, -0.05) is 36.4 Å². The zero-order valence-corrected chi connectivity index (χ0v) is 15.7. The summed E-state index contributed by atoms with van der Waals surface area (Å²) in [5, 5.41) is 2.07. The Labute approximate surface area is 158 Å². The van der Waals surface area contributed by atoms with Crippen LogP contribution in [0.1, 0.15) is 23.2 Å². The maximum Gasteiger partial charge on any atom is 0.254 e. The normalized spacial score (nSPS) is 21.0. The average molecular weight is 369 g/mol. The fourth-order valence-corrected chi connectivity index (χ4v) is 4.89. The van der Waals surface area contributed by atoms with Crippen LogP contribution < -0.4 is 0 Å². The Morgan fingerprint density at radius 2 is 1.69 bits per heavy atom. The van der Waals surface area contributed by atoms with Crippen LogP contribution >= 0.6 is 11.8 Å². The highest BCUT2D eigenvalue weighted by Crippen LogP contribution is 2.25. The maximum absolute atomic E-state index is 13.2. The van der Waals surface area contributed by atoms with Crippen molar-refractivity contribution >= 4 is 34.3 Å². The van der Waals surface area contributed by atoms with Crippen molar-refractivity contribution in [3.8, 4) is 0 Å². The number of fused-ring (bicyclic) bond motifs is 1. The summed E-state index contributed by atoms with van der Waals surface area (Å²) in [4.78, 5) is 29.9. The van der Waals surface area contributed by atoms with Crippen LogP contribution in [0.15, 0.2) is 42.5 Å². The minimum Gasteiger partial charge on any atom is -0.341 e. The van der Waals surface area contributed by atoms with E-state index in [0.29, 0.717) is 6.54 Å². The largest absolute Gasteiger partial charge is 0.341 e. The third-order valence-electron chi connectivity index (χ3n) is 5.40. The molecule has 2 heterocycles. The Kier molecular flexibility index (Phi) is 5.16. The maximum atomic E-state index is 13.2. The molecule has 0 N–H and O–H groups in total. The van der Waals surface area contributed by atoms with Gasteiger partial charge in [-0.2, -0.15) is 11.8 Å². The van der Waals surface area contributed by atoms with E-state index < -0.39 is 0 Å². The molecule has 4 nitrogen and oxygen atoms in total. The molecule has 136 valence electrons. The molecule has 1 unspecified atom stereocenters. The van der Waals surface area contributed by atoms with Crippen molar-refractivity contribution in [1.82, 2.24) is 9.80 Å². The van der Waals surface area contributed by atoms with Gasteiger partial charge in [-0.05, 0) is 29.7 Å². The van der Waals surface area contributed by atoms with E-state index in [1.165, 1.54) is 0 Å². The topological polar surface area (TPSA) is 40.6 Å². The Balaban J connectivity index is 1.52. The molecule has 0 spiro atoms. The zero-order valence-electron chi connectivity index (χ0n) is 14.9. The molecule has 2 aromatic carbocycles. The fraction of sp³-hybridized carbons (Fsp3) is 0.429. The van der Waals surface area contributed by atoms with Crippen molar-refractivity contribution in [1.29, 1.82) is 0 Å². The van der Waals surface area contributed by atoms with Gasteiger partial charge in [-0.15, -0.1) is 0 Å². The first-order chi connectivity index (χ1) is 12.7. The van der Waals surface area contributed by atoms with E-state index in [9.17, 15) is 9.59 Å². The molecule has 5 heteroatoms. The van der Waals surface area contributed by atoms with E-state index in [1.807, 2.05) is 64.0 Å². The van der Waals surface area contributed by atoms with E-state index in [1.54, 1.807) is 0 Å². The number of thioether (sulfide) groups is 1. The Morgan fingerprint density at radius 1 is 0.923 bits per heavy atom. The first-order valence-corrected chi connectivity index (χ1v) is 10.5. The summed E-state index contributed by atoms with van der Waals surface area (Å²) >= 11 is 1.91. The van der Waals surface area contributed by atoms with Gasteiger partial charge in [-0.3, -0.25) is 9.59 Å². The molecule has 0 aromatic heterocycles. The lowest BCUT2D eigenvalue weighted by molar-refractivity contribution is -0.136. The van der Waals surface area contributed by atoms with Crippen molar-refractivity contribution in [2.24, 2.45) is 5.92 Å². The highest BCUT2D eigenvalue weighted by atomic mass is 32.2. The number of nitrogens with zero attached hydrogens (tertiary/aromatic N) is 2. The van der Waals surface area contributed by atoms with Crippen LogP contribution in [0.4, 0.5) is 0 Å². The van der Waals surface area contributed by atoms with Gasteiger partial charge < -0.3 is 9.80 Å². The Bertz CT molecular complexity index is 811. The second-order valence-corrected chi connectivity index (χ2v) is 8.28. The molecule has 1 atom stereocenters. The number of hydrogen-bond donors (Lipinski definition) is 0. The van der Waals surface area contributed by atoms with Gasteiger partial charge in [0.05, 0.1) is 5.92 Å². The van der Waals surface area contributed by atoms with Crippen molar-refractivity contribution < 1.29 is 9.59 Å². The molecule has 2 amide bonds. The quantitative estimate of drug-likeness (QED) is 0.817. The minimum absolute atomic E-state index is 0.0495. The molecule has 2 aliphatic heterocycles. The van der Waals surface area contributed by atoms with Crippen molar-refractivity contribution in [3.63, 3.8) is 0 Å². The lowest BCUT2D eigenvalue weighted by Crippen LogP contribution is -2.48. The van der Waals surface area contributed by atoms with Crippen LogP contribution in [0, 0.1) is 5.92 Å². The van der Waals surface area contributed by atoms with Gasteiger partial charge in [0.15, 0.2) is 0 Å². The van der Waals surface area contributed by atoms with Gasteiger partial charge in [0.2, 0.25) is 5.91 Å². The van der Waals surface area contributed by atoms with E-state index in [2.05, 4.69) is 0 Å². The van der Waals surface area contributed by atoms with Gasteiger partial charge in [-0.25, -0.2) is 0 Å². The number of benzene rings is 2. The molecule has 0 saturated carbocycles. The van der Waals surface area contributed by atoms with Crippen molar-refractivity contribution in [2.75, 3.05) is 37.7 Å². The standard InChI is InChI=1S/C21H24N2O2S/c24-20(22-11-13-26-14-12-22)17-7-4-10-23(15-17)21(25)19-9-3-6-16-5-1-2-8-18(16)19/h1-3,5-6,8-9,17H,4,7,10-15H2. The smallest absolute Gasteiger partial charge is 0.254 e. The number of amides is 2. The second-order valence-electron chi connectivity index (χ2n) is 7.05. The summed E-state index contributed by atoms with van der Waals surface area (Å²) < 4.78 is 0. The van der Waals surface area contributed by atoms with Crippen LogP contribution in [0.25, 0.3) is 10.8 Å². The monoisotopic (exact) mass is 368 g/mol. The molecule has 2 saturated heterocycles. The Morgan fingerprint density at radius 3 is 2.54 bits per heavy atom. The summed E-state index contributed by atoms with van der Waals surface area (Å²) in [6.07, 6.45) is 1.79. The molecule has 4 rings (SSSR count). The first kappa shape index (κ1) is 17.4.